The van der Waals surface area contributed by atoms with Crippen LogP contribution >= 0.6 is 0 Å². The first kappa shape index (κ1) is 12.4. The minimum atomic E-state index is 0.342. The molecule has 0 aromatic rings. The summed E-state index contributed by atoms with van der Waals surface area (Å²) in [6, 6.07) is 0.424. The molecule has 2 heteroatoms. The van der Waals surface area contributed by atoms with Gasteiger partial charge in [0.25, 0.3) is 0 Å². The SMILES string of the molecule is CC(C)CC(CO)N1CC2(CCCCC2)C1. The van der Waals surface area contributed by atoms with E-state index in [1.54, 1.807) is 0 Å². The molecule has 1 saturated heterocycles. The smallest absolute Gasteiger partial charge is 0.0586 e. The first-order chi connectivity index (χ1) is 7.65. The zero-order valence-electron chi connectivity index (χ0n) is 10.9. The molecular weight excluding hydrogens is 198 g/mol. The van der Waals surface area contributed by atoms with Crippen LogP contribution in [-0.2, 0) is 0 Å². The molecule has 0 amide bonds. The molecule has 1 unspecified atom stereocenters. The summed E-state index contributed by atoms with van der Waals surface area (Å²) in [6.07, 6.45) is 8.32. The molecule has 2 aliphatic rings. The molecule has 0 aromatic heterocycles. The van der Waals surface area contributed by atoms with Crippen LogP contribution in [0.4, 0.5) is 0 Å². The van der Waals surface area contributed by atoms with Crippen molar-refractivity contribution in [2.75, 3.05) is 19.7 Å². The van der Waals surface area contributed by atoms with E-state index < -0.39 is 0 Å². The fraction of sp³-hybridized carbons (Fsp3) is 1.00. The van der Waals surface area contributed by atoms with E-state index in [1.807, 2.05) is 0 Å². The van der Waals surface area contributed by atoms with E-state index in [1.165, 1.54) is 45.2 Å². The Morgan fingerprint density at radius 1 is 1.12 bits per heavy atom. The lowest BCUT2D eigenvalue weighted by Crippen LogP contribution is -2.61. The van der Waals surface area contributed by atoms with Crippen LogP contribution in [0.3, 0.4) is 0 Å². The van der Waals surface area contributed by atoms with Crippen LogP contribution in [0.1, 0.15) is 52.4 Å². The summed E-state index contributed by atoms with van der Waals surface area (Å²) >= 11 is 0. The largest absolute Gasteiger partial charge is 0.395 e. The molecule has 0 bridgehead atoms. The molecule has 2 rings (SSSR count). The summed E-state index contributed by atoms with van der Waals surface area (Å²) in [6.45, 7) is 7.35. The normalized spacial score (nSPS) is 27.0. The quantitative estimate of drug-likeness (QED) is 0.795. The topological polar surface area (TPSA) is 23.5 Å². The molecule has 0 aromatic carbocycles. The van der Waals surface area contributed by atoms with E-state index >= 15 is 0 Å². The Balaban J connectivity index is 1.81. The molecule has 1 aliphatic carbocycles. The van der Waals surface area contributed by atoms with E-state index in [0.717, 1.165) is 6.42 Å². The molecule has 1 spiro atoms. The van der Waals surface area contributed by atoms with Gasteiger partial charge in [0.1, 0.15) is 0 Å². The van der Waals surface area contributed by atoms with Gasteiger partial charge in [0.05, 0.1) is 6.61 Å². The minimum Gasteiger partial charge on any atom is -0.395 e. The summed E-state index contributed by atoms with van der Waals surface area (Å²) in [5.74, 6) is 0.694. The minimum absolute atomic E-state index is 0.342. The summed E-state index contributed by atoms with van der Waals surface area (Å²) in [4.78, 5) is 2.52. The van der Waals surface area contributed by atoms with E-state index in [4.69, 9.17) is 0 Å². The van der Waals surface area contributed by atoms with Gasteiger partial charge in [-0.15, -0.1) is 0 Å². The predicted octanol–water partition coefficient (Wildman–Crippen LogP) is 2.66. The molecule has 1 aliphatic heterocycles. The maximum absolute atomic E-state index is 9.46. The predicted molar refractivity (Wildman–Crippen MR) is 67.4 cm³/mol. The molecule has 2 fully saturated rings. The standard InChI is InChI=1S/C14H27NO/c1-12(2)8-13(9-16)15-10-14(11-15)6-4-3-5-7-14/h12-13,16H,3-11H2,1-2H3. The molecule has 1 heterocycles. The Bertz CT molecular complexity index is 213. The lowest BCUT2D eigenvalue weighted by atomic mass is 9.68. The van der Waals surface area contributed by atoms with Crippen molar-refractivity contribution in [3.63, 3.8) is 0 Å². The third kappa shape index (κ3) is 2.60. The summed E-state index contributed by atoms with van der Waals surface area (Å²) in [5, 5.41) is 9.46. The molecule has 16 heavy (non-hydrogen) atoms. The third-order valence-corrected chi connectivity index (χ3v) is 4.46. The van der Waals surface area contributed by atoms with Crippen molar-refractivity contribution in [2.45, 2.75) is 58.4 Å². The number of nitrogens with zero attached hydrogens (tertiary/aromatic N) is 1. The first-order valence-electron chi connectivity index (χ1n) is 7.00. The van der Waals surface area contributed by atoms with Crippen molar-refractivity contribution in [3.05, 3.63) is 0 Å². The van der Waals surface area contributed by atoms with E-state index in [-0.39, 0.29) is 0 Å². The van der Waals surface area contributed by atoms with Gasteiger partial charge in [-0.3, -0.25) is 4.90 Å². The third-order valence-electron chi connectivity index (χ3n) is 4.46. The number of aliphatic hydroxyl groups is 1. The molecule has 2 nitrogen and oxygen atoms in total. The van der Waals surface area contributed by atoms with Crippen molar-refractivity contribution >= 4 is 0 Å². The zero-order valence-corrected chi connectivity index (χ0v) is 10.9. The average molecular weight is 225 g/mol. The van der Waals surface area contributed by atoms with Crippen molar-refractivity contribution in [2.24, 2.45) is 11.3 Å². The first-order valence-corrected chi connectivity index (χ1v) is 7.00. The van der Waals surface area contributed by atoms with Crippen LogP contribution in [0.25, 0.3) is 0 Å². The van der Waals surface area contributed by atoms with Crippen LogP contribution in [0, 0.1) is 11.3 Å². The van der Waals surface area contributed by atoms with Gasteiger partial charge in [-0.25, -0.2) is 0 Å². The Kier molecular flexibility index (Phi) is 3.91. The van der Waals surface area contributed by atoms with Gasteiger partial charge in [-0.1, -0.05) is 33.1 Å². The summed E-state index contributed by atoms with van der Waals surface area (Å²) in [5.41, 5.74) is 0.655. The lowest BCUT2D eigenvalue weighted by Gasteiger charge is -2.55. The molecule has 0 radical (unpaired) electrons. The lowest BCUT2D eigenvalue weighted by molar-refractivity contribution is -0.0708. The maximum atomic E-state index is 9.46. The highest BCUT2D eigenvalue weighted by molar-refractivity contribution is 4.98. The van der Waals surface area contributed by atoms with E-state index in [2.05, 4.69) is 18.7 Å². The van der Waals surface area contributed by atoms with Gasteiger partial charge in [0.15, 0.2) is 0 Å². The fourth-order valence-corrected chi connectivity index (χ4v) is 3.57. The van der Waals surface area contributed by atoms with Crippen molar-refractivity contribution in [3.8, 4) is 0 Å². The highest BCUT2D eigenvalue weighted by Gasteiger charge is 2.45. The number of rotatable bonds is 4. The molecule has 94 valence electrons. The highest BCUT2D eigenvalue weighted by Crippen LogP contribution is 2.44. The second-order valence-electron chi connectivity index (χ2n) is 6.43. The maximum Gasteiger partial charge on any atom is 0.0586 e. The molecule has 1 saturated carbocycles. The number of aliphatic hydroxyl groups excluding tert-OH is 1. The Hall–Kier alpha value is -0.0800. The van der Waals surface area contributed by atoms with Gasteiger partial charge in [-0.2, -0.15) is 0 Å². The van der Waals surface area contributed by atoms with Gasteiger partial charge < -0.3 is 5.11 Å². The van der Waals surface area contributed by atoms with E-state index in [0.29, 0.717) is 24.0 Å². The van der Waals surface area contributed by atoms with Crippen molar-refractivity contribution in [1.82, 2.24) is 4.90 Å². The van der Waals surface area contributed by atoms with Gasteiger partial charge in [0.2, 0.25) is 0 Å². The van der Waals surface area contributed by atoms with Crippen LogP contribution in [0.5, 0.6) is 0 Å². The number of hydrogen-bond acceptors (Lipinski definition) is 2. The summed E-state index contributed by atoms with van der Waals surface area (Å²) in [7, 11) is 0. The monoisotopic (exact) mass is 225 g/mol. The molecular formula is C14H27NO. The van der Waals surface area contributed by atoms with Crippen LogP contribution in [0.2, 0.25) is 0 Å². The average Bonchev–Trinajstić information content (AvgIpc) is 2.23. The van der Waals surface area contributed by atoms with Crippen LogP contribution < -0.4 is 0 Å². The Morgan fingerprint density at radius 3 is 2.25 bits per heavy atom. The second-order valence-corrected chi connectivity index (χ2v) is 6.43. The van der Waals surface area contributed by atoms with Crippen molar-refractivity contribution in [1.29, 1.82) is 0 Å². The van der Waals surface area contributed by atoms with E-state index in [9.17, 15) is 5.11 Å². The Morgan fingerprint density at radius 2 is 1.75 bits per heavy atom. The van der Waals surface area contributed by atoms with Gasteiger partial charge in [0, 0.05) is 19.1 Å². The highest BCUT2D eigenvalue weighted by atomic mass is 16.3. The fourth-order valence-electron chi connectivity index (χ4n) is 3.57. The summed E-state index contributed by atoms with van der Waals surface area (Å²) < 4.78 is 0. The van der Waals surface area contributed by atoms with Crippen LogP contribution in [0.15, 0.2) is 0 Å². The zero-order chi connectivity index (χ0) is 11.6. The molecule has 1 atom stereocenters. The van der Waals surface area contributed by atoms with Crippen molar-refractivity contribution < 1.29 is 5.11 Å². The van der Waals surface area contributed by atoms with Gasteiger partial charge >= 0.3 is 0 Å². The van der Waals surface area contributed by atoms with Gasteiger partial charge in [-0.05, 0) is 30.6 Å². The number of hydrogen-bond donors (Lipinski definition) is 1. The second kappa shape index (κ2) is 5.05. The Labute approximate surface area is 100 Å². The molecule has 1 N–H and O–H groups in total. The van der Waals surface area contributed by atoms with Crippen LogP contribution in [-0.4, -0.2) is 35.7 Å². The number of likely N-dealkylation sites (tertiary alicyclic amines) is 1.